The first-order chi connectivity index (χ1) is 18.8. The third-order valence-electron chi connectivity index (χ3n) is 8.14. The second-order valence-corrected chi connectivity index (χ2v) is 11.1. The van der Waals surface area contributed by atoms with Crippen molar-refractivity contribution in [1.29, 1.82) is 0 Å². The lowest BCUT2D eigenvalue weighted by Crippen LogP contribution is -2.48. The Kier molecular flexibility index (Phi) is 9.87. The Hall–Kier alpha value is -3.09. The Balaban J connectivity index is 1.35. The molecule has 3 aromatic rings. The zero-order valence-electron chi connectivity index (χ0n) is 23.8. The molecule has 1 aliphatic heterocycles. The largest absolute Gasteiger partial charge is 0.497 e. The van der Waals surface area contributed by atoms with Gasteiger partial charge in [-0.1, -0.05) is 17.7 Å². The van der Waals surface area contributed by atoms with Crippen LogP contribution >= 0.6 is 11.6 Å². The Morgan fingerprint density at radius 1 is 1.10 bits per heavy atom. The van der Waals surface area contributed by atoms with Crippen LogP contribution in [0.5, 0.6) is 5.75 Å². The standard InChI is InChI=1S/C32H41ClN4O2/c1-22-12-16-34-20-26(22)21-37(27-7-9-29(39-5)10-8-27)28-14-18-36(19-15-28)24(3)13-17-35-32(38)31-23(2)6-11-30(33)25(31)4/h6-12,16,20,24,28H,13-15,17-19,21H2,1-5H3,(H,35,38)/t24-/m1/s1. The summed E-state index contributed by atoms with van der Waals surface area (Å²) in [6.07, 6.45) is 6.93. The molecule has 0 unspecified atom stereocenters. The number of nitrogens with one attached hydrogen (secondary N) is 1. The van der Waals surface area contributed by atoms with Gasteiger partial charge in [-0.25, -0.2) is 0 Å². The Morgan fingerprint density at radius 2 is 1.82 bits per heavy atom. The van der Waals surface area contributed by atoms with Gasteiger partial charge in [0.2, 0.25) is 0 Å². The number of piperidine rings is 1. The molecule has 0 bridgehead atoms. The molecule has 0 aliphatic carbocycles. The van der Waals surface area contributed by atoms with E-state index in [0.717, 1.165) is 55.8 Å². The summed E-state index contributed by atoms with van der Waals surface area (Å²) in [7, 11) is 1.70. The average Bonchev–Trinajstić information content (AvgIpc) is 2.95. The van der Waals surface area contributed by atoms with Crippen LogP contribution in [-0.4, -0.2) is 54.6 Å². The van der Waals surface area contributed by atoms with Crippen molar-refractivity contribution in [2.24, 2.45) is 0 Å². The van der Waals surface area contributed by atoms with Crippen molar-refractivity contribution in [3.05, 3.63) is 87.7 Å². The molecule has 0 radical (unpaired) electrons. The first-order valence-corrected chi connectivity index (χ1v) is 14.2. The van der Waals surface area contributed by atoms with E-state index in [1.807, 2.05) is 50.5 Å². The molecule has 39 heavy (non-hydrogen) atoms. The van der Waals surface area contributed by atoms with Crippen LogP contribution < -0.4 is 15.0 Å². The van der Waals surface area contributed by atoms with E-state index in [9.17, 15) is 4.79 Å². The molecule has 0 spiro atoms. The molecule has 1 atom stereocenters. The van der Waals surface area contributed by atoms with Crippen LogP contribution in [-0.2, 0) is 6.54 Å². The zero-order chi connectivity index (χ0) is 27.9. The molecular weight excluding hydrogens is 508 g/mol. The van der Waals surface area contributed by atoms with E-state index in [2.05, 4.69) is 52.1 Å². The predicted octanol–water partition coefficient (Wildman–Crippen LogP) is 6.35. The van der Waals surface area contributed by atoms with Gasteiger partial charge < -0.3 is 19.9 Å². The number of rotatable bonds is 10. The van der Waals surface area contributed by atoms with Gasteiger partial charge in [0.1, 0.15) is 5.75 Å². The van der Waals surface area contributed by atoms with Gasteiger partial charge in [-0.15, -0.1) is 0 Å². The minimum atomic E-state index is -0.0424. The monoisotopic (exact) mass is 548 g/mol. The Bertz CT molecular complexity index is 1260. The topological polar surface area (TPSA) is 57.7 Å². The number of carbonyl (C=O) groups is 1. The molecule has 0 saturated carbocycles. The van der Waals surface area contributed by atoms with Crippen molar-refractivity contribution >= 4 is 23.2 Å². The molecule has 4 rings (SSSR count). The number of halogens is 1. The number of aryl methyl sites for hydroxylation is 2. The summed E-state index contributed by atoms with van der Waals surface area (Å²) in [5, 5.41) is 3.75. The summed E-state index contributed by atoms with van der Waals surface area (Å²) in [6, 6.07) is 15.1. The molecule has 1 saturated heterocycles. The number of anilines is 1. The number of benzene rings is 2. The highest BCUT2D eigenvalue weighted by atomic mass is 35.5. The van der Waals surface area contributed by atoms with Gasteiger partial charge in [-0.3, -0.25) is 9.78 Å². The summed E-state index contributed by atoms with van der Waals surface area (Å²) < 4.78 is 5.39. The van der Waals surface area contributed by atoms with E-state index >= 15 is 0 Å². The number of methoxy groups -OCH3 is 1. The number of carbonyl (C=O) groups excluding carboxylic acids is 1. The highest BCUT2D eigenvalue weighted by Gasteiger charge is 2.28. The van der Waals surface area contributed by atoms with Crippen LogP contribution in [0.15, 0.2) is 54.9 Å². The molecule has 208 valence electrons. The van der Waals surface area contributed by atoms with Crippen LogP contribution in [0.1, 0.15) is 58.8 Å². The molecular formula is C32H41ClN4O2. The SMILES string of the molecule is COc1ccc(N(Cc2cnccc2C)C2CCN([C@H](C)CCNC(=O)c3c(C)ccc(Cl)c3C)CC2)cc1. The van der Waals surface area contributed by atoms with Gasteiger partial charge in [0.05, 0.1) is 7.11 Å². The van der Waals surface area contributed by atoms with E-state index in [1.165, 1.54) is 16.8 Å². The minimum Gasteiger partial charge on any atom is -0.497 e. The fraction of sp³-hybridized carbons (Fsp3) is 0.438. The van der Waals surface area contributed by atoms with Crippen molar-refractivity contribution < 1.29 is 9.53 Å². The van der Waals surface area contributed by atoms with Gasteiger partial charge in [-0.2, -0.15) is 0 Å². The fourth-order valence-electron chi connectivity index (χ4n) is 5.53. The van der Waals surface area contributed by atoms with Gasteiger partial charge >= 0.3 is 0 Å². The summed E-state index contributed by atoms with van der Waals surface area (Å²) in [4.78, 5) is 22.3. The van der Waals surface area contributed by atoms with Crippen molar-refractivity contribution in [1.82, 2.24) is 15.2 Å². The maximum atomic E-state index is 12.9. The van der Waals surface area contributed by atoms with Crippen molar-refractivity contribution in [2.45, 2.75) is 65.6 Å². The number of hydrogen-bond acceptors (Lipinski definition) is 5. The third kappa shape index (κ3) is 7.11. The summed E-state index contributed by atoms with van der Waals surface area (Å²) in [6.45, 7) is 11.8. The molecule has 1 aromatic heterocycles. The second-order valence-electron chi connectivity index (χ2n) is 10.7. The maximum Gasteiger partial charge on any atom is 0.251 e. The van der Waals surface area contributed by atoms with Gasteiger partial charge in [-0.05, 0) is 106 Å². The molecule has 1 amide bonds. The molecule has 1 fully saturated rings. The van der Waals surface area contributed by atoms with E-state index in [-0.39, 0.29) is 5.91 Å². The summed E-state index contributed by atoms with van der Waals surface area (Å²) in [5.74, 6) is 0.826. The molecule has 1 aliphatic rings. The lowest BCUT2D eigenvalue weighted by atomic mass is 9.98. The van der Waals surface area contributed by atoms with Crippen LogP contribution in [0.4, 0.5) is 5.69 Å². The Labute approximate surface area is 238 Å². The smallest absolute Gasteiger partial charge is 0.251 e. The number of amides is 1. The van der Waals surface area contributed by atoms with E-state index < -0.39 is 0 Å². The number of pyridine rings is 1. The van der Waals surface area contributed by atoms with Crippen LogP contribution in [0.2, 0.25) is 5.02 Å². The summed E-state index contributed by atoms with van der Waals surface area (Å²) in [5.41, 5.74) is 6.21. The quantitative estimate of drug-likeness (QED) is 0.320. The van der Waals surface area contributed by atoms with Gasteiger partial charge in [0.15, 0.2) is 0 Å². The Morgan fingerprint density at radius 3 is 2.49 bits per heavy atom. The lowest BCUT2D eigenvalue weighted by molar-refractivity contribution is 0.0944. The van der Waals surface area contributed by atoms with E-state index in [0.29, 0.717) is 29.2 Å². The molecule has 7 heteroatoms. The predicted molar refractivity (Wildman–Crippen MR) is 160 cm³/mol. The zero-order valence-corrected chi connectivity index (χ0v) is 24.6. The minimum absolute atomic E-state index is 0.0424. The average molecular weight is 549 g/mol. The first-order valence-electron chi connectivity index (χ1n) is 13.9. The van der Waals surface area contributed by atoms with E-state index in [1.54, 1.807) is 7.11 Å². The number of aromatic nitrogens is 1. The number of ether oxygens (including phenoxy) is 1. The summed E-state index contributed by atoms with van der Waals surface area (Å²) >= 11 is 6.26. The highest BCUT2D eigenvalue weighted by Crippen LogP contribution is 2.29. The lowest BCUT2D eigenvalue weighted by Gasteiger charge is -2.42. The van der Waals surface area contributed by atoms with Gasteiger partial charge in [0, 0.05) is 66.9 Å². The molecule has 2 aromatic carbocycles. The molecule has 6 nitrogen and oxygen atoms in total. The normalized spacial score (nSPS) is 15.1. The fourth-order valence-corrected chi connectivity index (χ4v) is 5.68. The maximum absolute atomic E-state index is 12.9. The second kappa shape index (κ2) is 13.3. The van der Waals surface area contributed by atoms with Crippen LogP contribution in [0.3, 0.4) is 0 Å². The number of hydrogen-bond donors (Lipinski definition) is 1. The molecule has 2 heterocycles. The van der Waals surface area contributed by atoms with Crippen molar-refractivity contribution in [2.75, 3.05) is 31.6 Å². The van der Waals surface area contributed by atoms with Crippen LogP contribution in [0, 0.1) is 20.8 Å². The third-order valence-corrected chi connectivity index (χ3v) is 8.55. The first kappa shape index (κ1) is 28.9. The van der Waals surface area contributed by atoms with Crippen molar-refractivity contribution in [3.8, 4) is 5.75 Å². The van der Waals surface area contributed by atoms with E-state index in [4.69, 9.17) is 16.3 Å². The van der Waals surface area contributed by atoms with Gasteiger partial charge in [0.25, 0.3) is 5.91 Å². The number of nitrogens with zero attached hydrogens (tertiary/aromatic N) is 3. The highest BCUT2D eigenvalue weighted by molar-refractivity contribution is 6.31. The van der Waals surface area contributed by atoms with Crippen molar-refractivity contribution in [3.63, 3.8) is 0 Å². The number of likely N-dealkylation sites (tertiary alicyclic amines) is 1. The van der Waals surface area contributed by atoms with Crippen LogP contribution in [0.25, 0.3) is 0 Å². The molecule has 1 N–H and O–H groups in total.